The van der Waals surface area contributed by atoms with Gasteiger partial charge in [-0.25, -0.2) is 0 Å². The number of fused-ring (bicyclic) bond motifs is 1. The van der Waals surface area contributed by atoms with Crippen molar-refractivity contribution < 1.29 is 14.0 Å². The first-order valence-electron chi connectivity index (χ1n) is 10.5. The molecule has 0 bridgehead atoms. The molecule has 0 saturated heterocycles. The summed E-state index contributed by atoms with van der Waals surface area (Å²) in [5.41, 5.74) is 2.05. The predicted octanol–water partition coefficient (Wildman–Crippen LogP) is 5.12. The molecule has 5 rings (SSSR count). The highest BCUT2D eigenvalue weighted by Gasteiger charge is 2.17. The number of hydrogen-bond donors (Lipinski definition) is 0. The molecular formula is C26H21N3O4. The van der Waals surface area contributed by atoms with Gasteiger partial charge in [0.15, 0.2) is 0 Å². The highest BCUT2D eigenvalue weighted by Crippen LogP contribution is 2.29. The highest BCUT2D eigenvalue weighted by atomic mass is 16.5. The van der Waals surface area contributed by atoms with Gasteiger partial charge in [0.1, 0.15) is 11.5 Å². The van der Waals surface area contributed by atoms with E-state index in [1.165, 1.54) is 0 Å². The van der Waals surface area contributed by atoms with E-state index in [9.17, 15) is 4.79 Å². The van der Waals surface area contributed by atoms with Crippen molar-refractivity contribution in [2.45, 2.75) is 6.92 Å². The number of rotatable bonds is 6. The summed E-state index contributed by atoms with van der Waals surface area (Å²) < 4.78 is 17.9. The normalized spacial score (nSPS) is 11.0. The Hall–Kier alpha value is -4.39. The molecular weight excluding hydrogens is 418 g/mol. The summed E-state index contributed by atoms with van der Waals surface area (Å²) in [6, 6.07) is 22.2. The van der Waals surface area contributed by atoms with Gasteiger partial charge in [-0.3, -0.25) is 9.36 Å². The molecule has 0 fully saturated rings. The van der Waals surface area contributed by atoms with E-state index in [0.29, 0.717) is 40.7 Å². The molecule has 0 amide bonds. The van der Waals surface area contributed by atoms with Crippen LogP contribution in [0.25, 0.3) is 39.3 Å². The van der Waals surface area contributed by atoms with Crippen molar-refractivity contribution in [1.29, 1.82) is 0 Å². The molecule has 2 aromatic heterocycles. The zero-order valence-electron chi connectivity index (χ0n) is 18.2. The molecule has 2 heterocycles. The van der Waals surface area contributed by atoms with Crippen LogP contribution in [-0.4, -0.2) is 28.4 Å². The summed E-state index contributed by atoms with van der Waals surface area (Å²) in [6.07, 6.45) is 1.74. The second-order valence-corrected chi connectivity index (χ2v) is 7.34. The van der Waals surface area contributed by atoms with Crippen molar-refractivity contribution in [2.24, 2.45) is 0 Å². The molecule has 0 unspecified atom stereocenters. The van der Waals surface area contributed by atoms with Gasteiger partial charge in [-0.15, -0.1) is 0 Å². The largest absolute Gasteiger partial charge is 0.497 e. The number of benzene rings is 3. The molecule has 164 valence electrons. The monoisotopic (exact) mass is 439 g/mol. The summed E-state index contributed by atoms with van der Waals surface area (Å²) in [5.74, 6) is 2.28. The molecule has 0 aliphatic rings. The maximum Gasteiger partial charge on any atom is 0.262 e. The molecule has 3 aromatic carbocycles. The molecule has 0 saturated carbocycles. The average Bonchev–Trinajstić information content (AvgIpc) is 3.35. The Morgan fingerprint density at radius 3 is 2.30 bits per heavy atom. The first-order valence-corrected chi connectivity index (χ1v) is 10.5. The van der Waals surface area contributed by atoms with E-state index in [4.69, 9.17) is 14.0 Å². The minimum atomic E-state index is -0.134. The third-order valence-electron chi connectivity index (χ3n) is 5.36. The minimum Gasteiger partial charge on any atom is -0.497 e. The highest BCUT2D eigenvalue weighted by molar-refractivity contribution is 5.94. The van der Waals surface area contributed by atoms with Crippen LogP contribution in [0.2, 0.25) is 0 Å². The number of nitrogens with zero attached hydrogens (tertiary/aromatic N) is 3. The lowest BCUT2D eigenvalue weighted by atomic mass is 10.1. The smallest absolute Gasteiger partial charge is 0.262 e. The number of methoxy groups -OCH3 is 1. The zero-order valence-corrected chi connectivity index (χ0v) is 18.2. The van der Waals surface area contributed by atoms with Crippen LogP contribution >= 0.6 is 0 Å². The lowest BCUT2D eigenvalue weighted by Crippen LogP contribution is -2.18. The summed E-state index contributed by atoms with van der Waals surface area (Å²) in [4.78, 5) is 17.8. The molecule has 7 nitrogen and oxygen atoms in total. The van der Waals surface area contributed by atoms with Crippen molar-refractivity contribution >= 4 is 10.8 Å². The first kappa shape index (κ1) is 20.5. The Morgan fingerprint density at radius 2 is 1.61 bits per heavy atom. The van der Waals surface area contributed by atoms with Crippen molar-refractivity contribution in [3.8, 4) is 40.0 Å². The van der Waals surface area contributed by atoms with Crippen LogP contribution in [0.3, 0.4) is 0 Å². The van der Waals surface area contributed by atoms with E-state index >= 15 is 0 Å². The van der Waals surface area contributed by atoms with Crippen molar-refractivity contribution in [2.75, 3.05) is 13.7 Å². The second-order valence-electron chi connectivity index (χ2n) is 7.34. The Labute approximate surface area is 189 Å². The summed E-state index contributed by atoms with van der Waals surface area (Å²) in [5, 5.41) is 5.47. The maximum absolute atomic E-state index is 13.2. The molecule has 0 radical (unpaired) electrons. The number of ether oxygens (including phenoxy) is 2. The van der Waals surface area contributed by atoms with E-state index in [1.54, 1.807) is 23.9 Å². The van der Waals surface area contributed by atoms with Gasteiger partial charge in [-0.05, 0) is 61.5 Å². The van der Waals surface area contributed by atoms with Gasteiger partial charge >= 0.3 is 0 Å². The van der Waals surface area contributed by atoms with Crippen molar-refractivity contribution in [1.82, 2.24) is 14.7 Å². The van der Waals surface area contributed by atoms with Gasteiger partial charge in [0, 0.05) is 28.2 Å². The lowest BCUT2D eigenvalue weighted by molar-refractivity contribution is 0.340. The SMILES string of the molecule is CCOc1ccc(-c2noc(-c3cn(-c4ccc(OC)cc4)c(=O)c4ccccc34)n2)cc1. The van der Waals surface area contributed by atoms with E-state index in [2.05, 4.69) is 10.1 Å². The number of pyridine rings is 1. The van der Waals surface area contributed by atoms with Gasteiger partial charge < -0.3 is 14.0 Å². The van der Waals surface area contributed by atoms with Gasteiger partial charge in [-0.2, -0.15) is 4.98 Å². The van der Waals surface area contributed by atoms with Crippen LogP contribution < -0.4 is 15.0 Å². The first-order chi connectivity index (χ1) is 16.2. The fourth-order valence-electron chi connectivity index (χ4n) is 3.71. The Balaban J connectivity index is 1.62. The molecule has 0 aliphatic heterocycles. The average molecular weight is 439 g/mol. The third kappa shape index (κ3) is 3.85. The van der Waals surface area contributed by atoms with Crippen molar-refractivity contribution in [3.05, 3.63) is 89.3 Å². The van der Waals surface area contributed by atoms with Gasteiger partial charge in [0.2, 0.25) is 5.82 Å². The molecule has 7 heteroatoms. The molecule has 0 N–H and O–H groups in total. The number of hydrogen-bond acceptors (Lipinski definition) is 6. The van der Waals surface area contributed by atoms with E-state index in [-0.39, 0.29) is 5.56 Å². The standard InChI is InChI=1S/C26H21N3O4/c1-3-32-20-12-8-17(9-13-20)24-27-25(33-28-24)23-16-29(18-10-14-19(31-2)15-11-18)26(30)22-7-5-4-6-21(22)23/h4-16H,3H2,1-2H3. The fraction of sp³-hybridized carbons (Fsp3) is 0.115. The summed E-state index contributed by atoms with van der Waals surface area (Å²) in [6.45, 7) is 2.54. The zero-order chi connectivity index (χ0) is 22.8. The van der Waals surface area contributed by atoms with Crippen LogP contribution in [0.1, 0.15) is 6.92 Å². The van der Waals surface area contributed by atoms with E-state index in [1.807, 2.05) is 73.7 Å². The maximum atomic E-state index is 13.2. The quantitative estimate of drug-likeness (QED) is 0.366. The molecule has 5 aromatic rings. The summed E-state index contributed by atoms with van der Waals surface area (Å²) in [7, 11) is 1.60. The Morgan fingerprint density at radius 1 is 0.909 bits per heavy atom. The Bertz CT molecular complexity index is 1470. The third-order valence-corrected chi connectivity index (χ3v) is 5.36. The van der Waals surface area contributed by atoms with Gasteiger partial charge in [0.25, 0.3) is 11.4 Å². The van der Waals surface area contributed by atoms with Gasteiger partial charge in [-0.1, -0.05) is 23.4 Å². The van der Waals surface area contributed by atoms with Gasteiger partial charge in [0.05, 0.1) is 19.3 Å². The Kier molecular flexibility index (Phi) is 5.36. The minimum absolute atomic E-state index is 0.134. The van der Waals surface area contributed by atoms with E-state index in [0.717, 1.165) is 16.7 Å². The van der Waals surface area contributed by atoms with Crippen LogP contribution in [0.15, 0.2) is 88.3 Å². The lowest BCUT2D eigenvalue weighted by Gasteiger charge is -2.11. The fourth-order valence-corrected chi connectivity index (χ4v) is 3.71. The van der Waals surface area contributed by atoms with Crippen LogP contribution in [0.5, 0.6) is 11.5 Å². The molecule has 33 heavy (non-hydrogen) atoms. The summed E-state index contributed by atoms with van der Waals surface area (Å²) >= 11 is 0. The van der Waals surface area contributed by atoms with Crippen molar-refractivity contribution in [3.63, 3.8) is 0 Å². The second kappa shape index (κ2) is 8.63. The molecule has 0 spiro atoms. The van der Waals surface area contributed by atoms with E-state index < -0.39 is 0 Å². The predicted molar refractivity (Wildman–Crippen MR) is 126 cm³/mol. The molecule has 0 aliphatic carbocycles. The molecule has 0 atom stereocenters. The van der Waals surface area contributed by atoms with Crippen LogP contribution in [0, 0.1) is 0 Å². The van der Waals surface area contributed by atoms with Crippen LogP contribution in [-0.2, 0) is 0 Å². The van der Waals surface area contributed by atoms with Crippen LogP contribution in [0.4, 0.5) is 0 Å². The topological polar surface area (TPSA) is 79.4 Å². The number of aromatic nitrogens is 3.